The smallest absolute Gasteiger partial charge is 0.756 e. The molecule has 1 aromatic rings. The summed E-state index contributed by atoms with van der Waals surface area (Å²) in [7, 11) is -4.78. The van der Waals surface area contributed by atoms with E-state index in [9.17, 15) is 19.0 Å². The fourth-order valence-electron chi connectivity index (χ4n) is 5.39. The Hall–Kier alpha value is -1.02. The number of hydrogen-bond donors (Lipinski definition) is 1. The van der Waals surface area contributed by atoms with Gasteiger partial charge in [0.1, 0.15) is 12.3 Å². The third-order valence-electron chi connectivity index (χ3n) is 8.02. The maximum Gasteiger partial charge on any atom is 1.00 e. The van der Waals surface area contributed by atoms with Crippen LogP contribution in [0.4, 0.5) is 0 Å². The van der Waals surface area contributed by atoms with Crippen LogP contribution in [0.25, 0.3) is 10.4 Å². The second-order valence-electron chi connectivity index (χ2n) is 11.9. The van der Waals surface area contributed by atoms with Gasteiger partial charge in [-0.15, -0.1) is 0 Å². The Morgan fingerprint density at radius 2 is 1.62 bits per heavy atom. The van der Waals surface area contributed by atoms with Gasteiger partial charge in [-0.3, -0.25) is 18.9 Å². The normalized spacial score (nSPS) is 19.5. The molecule has 1 aromatic heterocycles. The molecule has 0 spiro atoms. The fourth-order valence-corrected chi connectivity index (χ4v) is 6.15. The minimum Gasteiger partial charge on any atom is -0.756 e. The van der Waals surface area contributed by atoms with Gasteiger partial charge in [0.05, 0.1) is 32.0 Å². The second kappa shape index (κ2) is 25.9. The molecule has 5 atom stereocenters. The number of H-pyrrole nitrogens is 1. The molecule has 1 N–H and O–H groups in total. The van der Waals surface area contributed by atoms with Crippen LogP contribution < -0.4 is 45.7 Å². The van der Waals surface area contributed by atoms with E-state index in [0.717, 1.165) is 17.4 Å². The molecular weight excluding hydrogens is 640 g/mol. The van der Waals surface area contributed by atoms with E-state index >= 15 is 0 Å². The Labute approximate surface area is 301 Å². The summed E-state index contributed by atoms with van der Waals surface area (Å²) in [5.74, 6) is 0. The van der Waals surface area contributed by atoms with Crippen LogP contribution >= 0.6 is 7.82 Å². The van der Waals surface area contributed by atoms with Crippen molar-refractivity contribution < 1.29 is 62.3 Å². The van der Waals surface area contributed by atoms with Crippen molar-refractivity contribution in [1.29, 1.82) is 0 Å². The summed E-state index contributed by atoms with van der Waals surface area (Å²) in [5.41, 5.74) is 8.01. The van der Waals surface area contributed by atoms with E-state index in [0.29, 0.717) is 13.2 Å². The van der Waals surface area contributed by atoms with Crippen molar-refractivity contribution in [1.82, 2.24) is 9.55 Å². The largest absolute Gasteiger partial charge is 1.00 e. The van der Waals surface area contributed by atoms with Gasteiger partial charge >= 0.3 is 35.2 Å². The van der Waals surface area contributed by atoms with Crippen molar-refractivity contribution in [3.05, 3.63) is 43.0 Å². The van der Waals surface area contributed by atoms with Crippen LogP contribution in [0.2, 0.25) is 0 Å². The SMILES string of the molecule is CCCCCCCCCCCCCCCCOCC(COP(=O)([O-])OC[C@H]1O[C@@H](n2cc(C)c(=O)[nH]c2=O)C[C@@H]1N=[N+]=[N-])OCC.[Na+]. The summed E-state index contributed by atoms with van der Waals surface area (Å²) in [5, 5.41) is 3.66. The van der Waals surface area contributed by atoms with Crippen LogP contribution in [-0.4, -0.2) is 60.8 Å². The number of azide groups is 1. The van der Waals surface area contributed by atoms with E-state index in [2.05, 4.69) is 21.9 Å². The van der Waals surface area contributed by atoms with E-state index in [1.54, 1.807) is 6.92 Å². The maximum atomic E-state index is 12.5. The monoisotopic (exact) mass is 695 g/mol. The van der Waals surface area contributed by atoms with Gasteiger partial charge in [-0.2, -0.15) is 0 Å². The first-order chi connectivity index (χ1) is 22.2. The van der Waals surface area contributed by atoms with E-state index in [-0.39, 0.29) is 54.8 Å². The van der Waals surface area contributed by atoms with E-state index in [1.807, 2.05) is 0 Å². The number of nitrogens with zero attached hydrogens (tertiary/aromatic N) is 4. The van der Waals surface area contributed by atoms with Gasteiger partial charge in [0.15, 0.2) is 0 Å². The summed E-state index contributed by atoms with van der Waals surface area (Å²) >= 11 is 0. The standard InChI is InChI=1S/C31H56N5O9P.Na/c1-4-6-7-8-9-10-11-12-13-14-15-16-17-18-19-41-22-26(42-5-2)23-43-46(39,40)44-24-28-27(34-35-32)20-29(45-28)36-21-25(3)30(37)33-31(36)38;/h21,26-29H,4-20,22-24H2,1-3H3,(H,39,40)(H,33,37,38);/q;+1/p-1/t26?,27-,28+,29+;/m0./s1. The molecule has 264 valence electrons. The van der Waals surface area contributed by atoms with Crippen molar-refractivity contribution >= 4 is 7.82 Å². The summed E-state index contributed by atoms with van der Waals surface area (Å²) < 4.78 is 40.8. The Morgan fingerprint density at radius 1 is 1.02 bits per heavy atom. The first-order valence-corrected chi connectivity index (χ1v) is 18.5. The zero-order chi connectivity index (χ0) is 33.6. The number of aromatic nitrogens is 2. The van der Waals surface area contributed by atoms with E-state index in [4.69, 9.17) is 28.8 Å². The number of phosphoric acid groups is 1. The zero-order valence-corrected chi connectivity index (χ0v) is 31.8. The van der Waals surface area contributed by atoms with Gasteiger partial charge in [0.2, 0.25) is 0 Å². The number of phosphoric ester groups is 1. The average Bonchev–Trinajstić information content (AvgIpc) is 3.43. The fraction of sp³-hybridized carbons (Fsp3) is 0.871. The van der Waals surface area contributed by atoms with Crippen LogP contribution in [0.5, 0.6) is 0 Å². The first-order valence-electron chi connectivity index (χ1n) is 17.0. The van der Waals surface area contributed by atoms with Crippen molar-refractivity contribution in [3.63, 3.8) is 0 Å². The number of unbranched alkanes of at least 4 members (excludes halogenated alkanes) is 13. The Balaban J connectivity index is 0.0000110. The molecule has 0 bridgehead atoms. The summed E-state index contributed by atoms with van der Waals surface area (Å²) in [6.45, 7) is 5.91. The number of aromatic amines is 1. The molecule has 1 saturated heterocycles. The summed E-state index contributed by atoms with van der Waals surface area (Å²) in [6.07, 6.45) is 16.9. The molecule has 1 aliphatic rings. The molecule has 2 unspecified atom stereocenters. The molecule has 1 aliphatic heterocycles. The number of ether oxygens (including phenoxy) is 3. The van der Waals surface area contributed by atoms with Crippen molar-refractivity contribution in [2.45, 2.75) is 142 Å². The van der Waals surface area contributed by atoms with Crippen LogP contribution in [0, 0.1) is 6.92 Å². The Morgan fingerprint density at radius 3 is 2.19 bits per heavy atom. The molecule has 0 amide bonds. The molecule has 0 aromatic carbocycles. The first kappa shape index (κ1) is 44.0. The van der Waals surface area contributed by atoms with Gasteiger partial charge < -0.3 is 28.2 Å². The van der Waals surface area contributed by atoms with Crippen molar-refractivity contribution in [2.24, 2.45) is 5.11 Å². The minimum absolute atomic E-state index is 0. The predicted octanol–water partition coefficient (Wildman–Crippen LogP) is 3.22. The molecular formula is C31H55N5NaO9P. The summed E-state index contributed by atoms with van der Waals surface area (Å²) in [4.78, 5) is 41.4. The van der Waals surface area contributed by atoms with Gasteiger partial charge in [-0.1, -0.05) is 95.5 Å². The molecule has 0 radical (unpaired) electrons. The number of aryl methyl sites for hydroxylation is 1. The minimum atomic E-state index is -4.78. The quantitative estimate of drug-likeness (QED) is 0.0360. The molecule has 1 fully saturated rings. The van der Waals surface area contributed by atoms with Gasteiger partial charge in [-0.25, -0.2) is 4.79 Å². The van der Waals surface area contributed by atoms with Gasteiger partial charge in [0.25, 0.3) is 13.4 Å². The third-order valence-corrected chi connectivity index (χ3v) is 8.95. The third kappa shape index (κ3) is 18.5. The second-order valence-corrected chi connectivity index (χ2v) is 13.3. The van der Waals surface area contributed by atoms with E-state index in [1.165, 1.54) is 90.2 Å². The predicted molar refractivity (Wildman–Crippen MR) is 174 cm³/mol. The summed E-state index contributed by atoms with van der Waals surface area (Å²) in [6, 6.07) is -0.811. The average molecular weight is 696 g/mol. The van der Waals surface area contributed by atoms with Crippen LogP contribution in [0.15, 0.2) is 20.9 Å². The molecule has 47 heavy (non-hydrogen) atoms. The Bertz CT molecular complexity index is 1200. The van der Waals surface area contributed by atoms with Crippen LogP contribution in [-0.2, 0) is 27.8 Å². The number of nitrogens with one attached hydrogen (secondary N) is 1. The van der Waals surface area contributed by atoms with Crippen LogP contribution in [0.3, 0.4) is 0 Å². The molecule has 16 heteroatoms. The van der Waals surface area contributed by atoms with Gasteiger partial charge in [0, 0.05) is 36.3 Å². The van der Waals surface area contributed by atoms with Crippen LogP contribution in [0.1, 0.15) is 122 Å². The zero-order valence-electron chi connectivity index (χ0n) is 28.9. The van der Waals surface area contributed by atoms with Crippen molar-refractivity contribution in [2.75, 3.05) is 33.0 Å². The molecule has 14 nitrogen and oxygen atoms in total. The van der Waals surface area contributed by atoms with E-state index < -0.39 is 50.2 Å². The Kier molecular flexibility index (Phi) is 24.2. The molecule has 2 rings (SSSR count). The number of hydrogen-bond acceptors (Lipinski definition) is 10. The molecule has 0 aliphatic carbocycles. The van der Waals surface area contributed by atoms with Gasteiger partial charge in [-0.05, 0) is 25.8 Å². The number of rotatable bonds is 27. The molecule has 2 heterocycles. The topological polar surface area (TPSA) is 190 Å². The maximum absolute atomic E-state index is 12.5. The molecule has 0 saturated carbocycles. The van der Waals surface area contributed by atoms with Crippen molar-refractivity contribution in [3.8, 4) is 0 Å².